The highest BCUT2D eigenvalue weighted by Gasteiger charge is 2.07. The molecule has 0 aliphatic heterocycles. The Morgan fingerprint density at radius 1 is 0.800 bits per heavy atom. The van der Waals surface area contributed by atoms with Crippen molar-refractivity contribution >= 4 is 24.0 Å². The third-order valence-corrected chi connectivity index (χ3v) is 4.91. The van der Waals surface area contributed by atoms with Crippen molar-refractivity contribution in [2.45, 2.75) is 33.4 Å². The van der Waals surface area contributed by atoms with E-state index in [1.54, 1.807) is 0 Å². The third-order valence-electron chi connectivity index (χ3n) is 4.66. The Morgan fingerprint density at radius 3 is 2.17 bits per heavy atom. The molecule has 3 rings (SSSR count). The summed E-state index contributed by atoms with van der Waals surface area (Å²) in [4.78, 5) is 0. The summed E-state index contributed by atoms with van der Waals surface area (Å²) >= 11 is 5.93. The number of ether oxygens (including phenoxy) is 2. The van der Waals surface area contributed by atoms with Gasteiger partial charge in [-0.25, -0.2) is 0 Å². The minimum absolute atomic E-state index is 0. The zero-order chi connectivity index (χ0) is 20.5. The van der Waals surface area contributed by atoms with Crippen LogP contribution in [0, 0.1) is 6.92 Å². The Kier molecular flexibility index (Phi) is 10.0. The molecule has 3 nitrogen and oxygen atoms in total. The van der Waals surface area contributed by atoms with Crippen molar-refractivity contribution in [3.63, 3.8) is 0 Å². The van der Waals surface area contributed by atoms with Crippen LogP contribution in [0.1, 0.15) is 29.2 Å². The fraction of sp³-hybridized carbons (Fsp3) is 0.280. The molecule has 0 bridgehead atoms. The highest BCUT2D eigenvalue weighted by molar-refractivity contribution is 6.30. The fourth-order valence-electron chi connectivity index (χ4n) is 3.01. The summed E-state index contributed by atoms with van der Waals surface area (Å²) in [7, 11) is 0. The van der Waals surface area contributed by atoms with E-state index >= 15 is 0 Å². The average molecular weight is 446 g/mol. The monoisotopic (exact) mass is 445 g/mol. The molecule has 160 valence electrons. The first-order chi connectivity index (χ1) is 14.1. The molecule has 1 N–H and O–H groups in total. The van der Waals surface area contributed by atoms with Crippen molar-refractivity contribution < 1.29 is 9.47 Å². The number of halogens is 2. The number of hydrogen-bond donors (Lipinski definition) is 1. The molecule has 0 spiro atoms. The second kappa shape index (κ2) is 12.5. The van der Waals surface area contributed by atoms with E-state index in [4.69, 9.17) is 21.1 Å². The summed E-state index contributed by atoms with van der Waals surface area (Å²) in [6.45, 7) is 6.89. The van der Waals surface area contributed by atoms with Gasteiger partial charge in [-0.2, -0.15) is 0 Å². The normalized spacial score (nSPS) is 10.4. The molecular weight excluding hydrogens is 417 g/mol. The van der Waals surface area contributed by atoms with Crippen LogP contribution < -0.4 is 14.8 Å². The molecule has 0 fully saturated rings. The van der Waals surface area contributed by atoms with E-state index in [9.17, 15) is 0 Å². The minimum Gasteiger partial charge on any atom is -0.490 e. The van der Waals surface area contributed by atoms with E-state index in [1.807, 2.05) is 25.1 Å². The van der Waals surface area contributed by atoms with Gasteiger partial charge in [-0.3, -0.25) is 0 Å². The van der Waals surface area contributed by atoms with Crippen molar-refractivity contribution in [3.8, 4) is 11.5 Å². The van der Waals surface area contributed by atoms with Crippen LogP contribution in [0.4, 0.5) is 0 Å². The van der Waals surface area contributed by atoms with Crippen molar-refractivity contribution in [2.24, 2.45) is 0 Å². The predicted octanol–water partition coefficient (Wildman–Crippen LogP) is 6.38. The van der Waals surface area contributed by atoms with Gasteiger partial charge in [0.05, 0.1) is 6.61 Å². The van der Waals surface area contributed by atoms with Gasteiger partial charge in [0.25, 0.3) is 0 Å². The number of rotatable bonds is 10. The highest BCUT2D eigenvalue weighted by atomic mass is 35.5. The summed E-state index contributed by atoms with van der Waals surface area (Å²) < 4.78 is 11.8. The van der Waals surface area contributed by atoms with E-state index in [0.717, 1.165) is 41.6 Å². The van der Waals surface area contributed by atoms with Gasteiger partial charge in [-0.05, 0) is 67.8 Å². The van der Waals surface area contributed by atoms with Gasteiger partial charge in [0.2, 0.25) is 0 Å². The van der Waals surface area contributed by atoms with Crippen LogP contribution >= 0.6 is 24.0 Å². The Balaban J connectivity index is 0.00000320. The standard InChI is InChI=1S/C25H28ClNO2.ClH/c1-3-28-25-16-22(17-27-15-14-20-8-11-23(26)12-9-20)10-13-24(25)29-18-21-6-4-19(2)5-7-21;/h4-13,16,27H,3,14-15,17-18H2,1-2H3;1H. The van der Waals surface area contributed by atoms with Gasteiger partial charge in [0, 0.05) is 11.6 Å². The molecule has 30 heavy (non-hydrogen) atoms. The lowest BCUT2D eigenvalue weighted by molar-refractivity contribution is 0.269. The summed E-state index contributed by atoms with van der Waals surface area (Å²) in [6, 6.07) is 22.5. The predicted molar refractivity (Wildman–Crippen MR) is 127 cm³/mol. The van der Waals surface area contributed by atoms with Crippen LogP contribution in [0.15, 0.2) is 66.7 Å². The lowest BCUT2D eigenvalue weighted by Gasteiger charge is -2.14. The Hall–Kier alpha value is -2.20. The zero-order valence-corrected chi connectivity index (χ0v) is 19.1. The van der Waals surface area contributed by atoms with Crippen LogP contribution in [0.2, 0.25) is 5.02 Å². The Morgan fingerprint density at radius 2 is 1.47 bits per heavy atom. The molecule has 0 unspecified atom stereocenters. The van der Waals surface area contributed by atoms with E-state index < -0.39 is 0 Å². The van der Waals surface area contributed by atoms with Gasteiger partial charge >= 0.3 is 0 Å². The maximum absolute atomic E-state index is 6.01. The van der Waals surface area contributed by atoms with E-state index in [0.29, 0.717) is 13.2 Å². The van der Waals surface area contributed by atoms with Crippen LogP contribution in [-0.4, -0.2) is 13.2 Å². The van der Waals surface area contributed by atoms with Gasteiger partial charge < -0.3 is 14.8 Å². The zero-order valence-electron chi connectivity index (χ0n) is 17.5. The molecule has 0 aliphatic carbocycles. The Labute approximate surface area is 190 Å². The van der Waals surface area contributed by atoms with Crippen molar-refractivity contribution in [2.75, 3.05) is 13.2 Å². The van der Waals surface area contributed by atoms with Crippen LogP contribution in [-0.2, 0) is 19.6 Å². The summed E-state index contributed by atoms with van der Waals surface area (Å²) in [5.41, 5.74) is 4.84. The van der Waals surface area contributed by atoms with Gasteiger partial charge in [-0.15, -0.1) is 12.4 Å². The smallest absolute Gasteiger partial charge is 0.161 e. The molecule has 3 aromatic rings. The molecule has 3 aromatic carbocycles. The second-order valence-electron chi connectivity index (χ2n) is 7.04. The Bertz CT molecular complexity index is 896. The summed E-state index contributed by atoms with van der Waals surface area (Å²) in [5, 5.41) is 4.26. The molecule has 0 saturated heterocycles. The first-order valence-corrected chi connectivity index (χ1v) is 10.4. The van der Waals surface area contributed by atoms with E-state index in [1.165, 1.54) is 16.7 Å². The molecule has 0 aromatic heterocycles. The third kappa shape index (κ3) is 7.56. The average Bonchev–Trinajstić information content (AvgIpc) is 2.73. The van der Waals surface area contributed by atoms with Crippen molar-refractivity contribution in [1.29, 1.82) is 0 Å². The van der Waals surface area contributed by atoms with Crippen LogP contribution in [0.25, 0.3) is 0 Å². The summed E-state index contributed by atoms with van der Waals surface area (Å²) in [6.07, 6.45) is 0.966. The lowest BCUT2D eigenvalue weighted by Crippen LogP contribution is -2.16. The number of benzene rings is 3. The summed E-state index contributed by atoms with van der Waals surface area (Å²) in [5.74, 6) is 1.56. The first kappa shape index (κ1) is 24.1. The molecule has 0 radical (unpaired) electrons. The largest absolute Gasteiger partial charge is 0.490 e. The maximum Gasteiger partial charge on any atom is 0.161 e. The molecule has 0 heterocycles. The van der Waals surface area contributed by atoms with Gasteiger partial charge in [-0.1, -0.05) is 59.6 Å². The quantitative estimate of drug-likeness (QED) is 0.367. The number of aryl methyl sites for hydroxylation is 1. The van der Waals surface area contributed by atoms with Crippen LogP contribution in [0.3, 0.4) is 0 Å². The molecule has 0 saturated carbocycles. The van der Waals surface area contributed by atoms with E-state index in [-0.39, 0.29) is 12.4 Å². The molecule has 5 heteroatoms. The van der Waals surface area contributed by atoms with Crippen molar-refractivity contribution in [3.05, 3.63) is 94.0 Å². The number of nitrogens with one attached hydrogen (secondary N) is 1. The lowest BCUT2D eigenvalue weighted by atomic mass is 10.1. The van der Waals surface area contributed by atoms with E-state index in [2.05, 4.69) is 60.8 Å². The molecule has 0 aliphatic rings. The molecule has 0 amide bonds. The van der Waals surface area contributed by atoms with Crippen molar-refractivity contribution in [1.82, 2.24) is 5.32 Å². The fourth-order valence-corrected chi connectivity index (χ4v) is 3.14. The number of hydrogen-bond acceptors (Lipinski definition) is 3. The second-order valence-corrected chi connectivity index (χ2v) is 7.48. The highest BCUT2D eigenvalue weighted by Crippen LogP contribution is 2.29. The minimum atomic E-state index is 0. The topological polar surface area (TPSA) is 30.5 Å². The van der Waals surface area contributed by atoms with Gasteiger partial charge in [0.15, 0.2) is 11.5 Å². The van der Waals surface area contributed by atoms with Crippen LogP contribution in [0.5, 0.6) is 11.5 Å². The molecular formula is C25H29Cl2NO2. The SMILES string of the molecule is CCOc1cc(CNCCc2ccc(Cl)cc2)ccc1OCc1ccc(C)cc1.Cl. The van der Waals surface area contributed by atoms with Gasteiger partial charge in [0.1, 0.15) is 6.61 Å². The molecule has 0 atom stereocenters. The maximum atomic E-state index is 6.01. The first-order valence-electron chi connectivity index (χ1n) is 10.0.